The molecular weight excluding hydrogens is 287 g/mol. The van der Waals surface area contributed by atoms with E-state index >= 15 is 0 Å². The van der Waals surface area contributed by atoms with Gasteiger partial charge in [0, 0.05) is 33.8 Å². The van der Waals surface area contributed by atoms with Crippen LogP contribution in [0.2, 0.25) is 0 Å². The molecule has 0 radical (unpaired) electrons. The molecule has 0 saturated heterocycles. The van der Waals surface area contributed by atoms with Gasteiger partial charge in [-0.15, -0.1) is 0 Å². The molecule has 0 aromatic heterocycles. The molecule has 0 aliphatic rings. The van der Waals surface area contributed by atoms with E-state index < -0.39 is 0 Å². The zero-order valence-corrected chi connectivity index (χ0v) is 13.5. The second-order valence-electron chi connectivity index (χ2n) is 4.93. The van der Waals surface area contributed by atoms with E-state index in [-0.39, 0.29) is 18.2 Å². The van der Waals surface area contributed by atoms with Crippen molar-refractivity contribution in [2.75, 3.05) is 45.4 Å². The molecule has 0 heterocycles. The Morgan fingerprint density at radius 1 is 1.41 bits per heavy atom. The average Bonchev–Trinajstić information content (AvgIpc) is 2.51. The van der Waals surface area contributed by atoms with Crippen LogP contribution in [0.5, 0.6) is 0 Å². The zero-order valence-electron chi connectivity index (χ0n) is 13.5. The minimum Gasteiger partial charge on any atom is -0.466 e. The standard InChI is InChI=1S/C16H25FN2O3/c1-4-22-16(20)7-9-19(2)15-11-13(5-6-14(15)17)12-18-8-10-21-3/h5-6,11,18H,4,7-10,12H2,1-3H3. The molecule has 1 N–H and O–H groups in total. The Balaban J connectivity index is 2.58. The number of rotatable bonds is 10. The van der Waals surface area contributed by atoms with E-state index in [1.807, 2.05) is 0 Å². The third kappa shape index (κ3) is 6.41. The summed E-state index contributed by atoms with van der Waals surface area (Å²) in [5, 5.41) is 3.22. The average molecular weight is 312 g/mol. The normalized spacial score (nSPS) is 10.5. The topological polar surface area (TPSA) is 50.8 Å². The van der Waals surface area contributed by atoms with Crippen molar-refractivity contribution in [1.82, 2.24) is 5.32 Å². The van der Waals surface area contributed by atoms with Crippen LogP contribution >= 0.6 is 0 Å². The summed E-state index contributed by atoms with van der Waals surface area (Å²) in [6.07, 6.45) is 0.236. The Morgan fingerprint density at radius 3 is 2.86 bits per heavy atom. The van der Waals surface area contributed by atoms with Crippen LogP contribution in [-0.2, 0) is 20.8 Å². The lowest BCUT2D eigenvalue weighted by Crippen LogP contribution is -2.23. The molecule has 22 heavy (non-hydrogen) atoms. The maximum atomic E-state index is 13.9. The fraction of sp³-hybridized carbons (Fsp3) is 0.562. The number of methoxy groups -OCH3 is 1. The largest absolute Gasteiger partial charge is 0.466 e. The van der Waals surface area contributed by atoms with Crippen molar-refractivity contribution in [3.63, 3.8) is 0 Å². The van der Waals surface area contributed by atoms with Gasteiger partial charge in [0.25, 0.3) is 0 Å². The minimum absolute atomic E-state index is 0.236. The van der Waals surface area contributed by atoms with Crippen molar-refractivity contribution < 1.29 is 18.7 Å². The molecule has 124 valence electrons. The number of nitrogens with one attached hydrogen (secondary N) is 1. The van der Waals surface area contributed by atoms with E-state index in [0.29, 0.717) is 32.0 Å². The summed E-state index contributed by atoms with van der Waals surface area (Å²) in [7, 11) is 3.41. The molecule has 0 bridgehead atoms. The lowest BCUT2D eigenvalue weighted by Gasteiger charge is -2.20. The fourth-order valence-corrected chi connectivity index (χ4v) is 1.98. The van der Waals surface area contributed by atoms with Gasteiger partial charge < -0.3 is 19.7 Å². The summed E-state index contributed by atoms with van der Waals surface area (Å²) in [4.78, 5) is 13.1. The van der Waals surface area contributed by atoms with Gasteiger partial charge in [0.15, 0.2) is 0 Å². The second kappa shape index (κ2) is 10.1. The third-order valence-electron chi connectivity index (χ3n) is 3.19. The van der Waals surface area contributed by atoms with Crippen molar-refractivity contribution in [3.8, 4) is 0 Å². The summed E-state index contributed by atoms with van der Waals surface area (Å²) < 4.78 is 23.8. The van der Waals surface area contributed by atoms with Crippen LogP contribution in [0.4, 0.5) is 10.1 Å². The summed E-state index contributed by atoms with van der Waals surface area (Å²) >= 11 is 0. The first kappa shape index (κ1) is 18.4. The number of hydrogen-bond acceptors (Lipinski definition) is 5. The number of carbonyl (C=O) groups excluding carboxylic acids is 1. The molecule has 1 aromatic rings. The number of ether oxygens (including phenoxy) is 2. The molecule has 1 aromatic carbocycles. The van der Waals surface area contributed by atoms with E-state index in [4.69, 9.17) is 9.47 Å². The third-order valence-corrected chi connectivity index (χ3v) is 3.19. The highest BCUT2D eigenvalue weighted by molar-refractivity contribution is 5.70. The van der Waals surface area contributed by atoms with Gasteiger partial charge in [-0.1, -0.05) is 6.07 Å². The molecule has 0 aliphatic heterocycles. The number of halogens is 1. The smallest absolute Gasteiger partial charge is 0.307 e. The van der Waals surface area contributed by atoms with Crippen LogP contribution < -0.4 is 10.2 Å². The highest BCUT2D eigenvalue weighted by atomic mass is 19.1. The van der Waals surface area contributed by atoms with Gasteiger partial charge >= 0.3 is 5.97 Å². The van der Waals surface area contributed by atoms with Gasteiger partial charge in [-0.2, -0.15) is 0 Å². The van der Waals surface area contributed by atoms with Crippen LogP contribution in [0.15, 0.2) is 18.2 Å². The number of hydrogen-bond donors (Lipinski definition) is 1. The van der Waals surface area contributed by atoms with E-state index in [0.717, 1.165) is 12.1 Å². The van der Waals surface area contributed by atoms with Crippen molar-refractivity contribution >= 4 is 11.7 Å². The van der Waals surface area contributed by atoms with Crippen LogP contribution in [0.25, 0.3) is 0 Å². The van der Waals surface area contributed by atoms with Crippen LogP contribution in [0, 0.1) is 5.82 Å². The molecule has 0 spiro atoms. The van der Waals surface area contributed by atoms with Crippen molar-refractivity contribution in [2.45, 2.75) is 19.9 Å². The summed E-state index contributed by atoms with van der Waals surface area (Å²) in [5.74, 6) is -0.570. The zero-order chi connectivity index (χ0) is 16.4. The monoisotopic (exact) mass is 312 g/mol. The first-order valence-electron chi connectivity index (χ1n) is 7.43. The minimum atomic E-state index is -0.299. The number of benzene rings is 1. The van der Waals surface area contributed by atoms with Crippen molar-refractivity contribution in [1.29, 1.82) is 0 Å². The molecule has 1 rings (SSSR count). The Kier molecular flexibility index (Phi) is 8.47. The number of nitrogens with zero attached hydrogens (tertiary/aromatic N) is 1. The van der Waals surface area contributed by atoms with Gasteiger partial charge in [0.2, 0.25) is 0 Å². The second-order valence-corrected chi connectivity index (χ2v) is 4.93. The van der Waals surface area contributed by atoms with E-state index in [2.05, 4.69) is 5.32 Å². The Labute approximate surface area is 131 Å². The highest BCUT2D eigenvalue weighted by Crippen LogP contribution is 2.20. The maximum absolute atomic E-state index is 13.9. The van der Waals surface area contributed by atoms with Crippen LogP contribution in [0.3, 0.4) is 0 Å². The number of esters is 1. The summed E-state index contributed by atoms with van der Waals surface area (Å²) in [6.45, 7) is 4.55. The number of carbonyl (C=O) groups is 1. The van der Waals surface area contributed by atoms with Crippen molar-refractivity contribution in [3.05, 3.63) is 29.6 Å². The first-order valence-corrected chi connectivity index (χ1v) is 7.43. The van der Waals surface area contributed by atoms with Crippen LogP contribution in [0.1, 0.15) is 18.9 Å². The molecule has 0 unspecified atom stereocenters. The van der Waals surface area contributed by atoms with E-state index in [1.54, 1.807) is 38.1 Å². The molecule has 0 amide bonds. The van der Waals surface area contributed by atoms with Gasteiger partial charge in [0.1, 0.15) is 5.82 Å². The van der Waals surface area contributed by atoms with Crippen LogP contribution in [-0.4, -0.2) is 46.4 Å². The quantitative estimate of drug-likeness (QED) is 0.529. The molecule has 5 nitrogen and oxygen atoms in total. The van der Waals surface area contributed by atoms with Gasteiger partial charge in [-0.25, -0.2) is 4.39 Å². The van der Waals surface area contributed by atoms with E-state index in [9.17, 15) is 9.18 Å². The molecular formula is C16H25FN2O3. The van der Waals surface area contributed by atoms with E-state index in [1.165, 1.54) is 6.07 Å². The fourth-order valence-electron chi connectivity index (χ4n) is 1.98. The molecule has 0 saturated carbocycles. The first-order chi connectivity index (χ1) is 10.6. The van der Waals surface area contributed by atoms with Gasteiger partial charge in [0.05, 0.1) is 25.3 Å². The maximum Gasteiger partial charge on any atom is 0.307 e. The predicted octanol–water partition coefficient (Wildman–Crippen LogP) is 1.95. The van der Waals surface area contributed by atoms with Gasteiger partial charge in [-0.05, 0) is 24.6 Å². The molecule has 6 heteroatoms. The van der Waals surface area contributed by atoms with Gasteiger partial charge in [-0.3, -0.25) is 4.79 Å². The lowest BCUT2D eigenvalue weighted by atomic mass is 10.1. The Hall–Kier alpha value is -1.66. The predicted molar refractivity (Wildman–Crippen MR) is 84.5 cm³/mol. The highest BCUT2D eigenvalue weighted by Gasteiger charge is 2.11. The summed E-state index contributed by atoms with van der Waals surface area (Å²) in [6, 6.07) is 4.99. The lowest BCUT2D eigenvalue weighted by molar-refractivity contribution is -0.142. The summed E-state index contributed by atoms with van der Waals surface area (Å²) in [5.41, 5.74) is 1.46. The van der Waals surface area contributed by atoms with Crippen molar-refractivity contribution in [2.24, 2.45) is 0 Å². The molecule has 0 atom stereocenters. The molecule has 0 aliphatic carbocycles. The SMILES string of the molecule is CCOC(=O)CCN(C)c1cc(CNCCOC)ccc1F. The number of anilines is 1. The molecule has 0 fully saturated rings. The Morgan fingerprint density at radius 2 is 2.18 bits per heavy atom. The Bertz CT molecular complexity index is 469.